The highest BCUT2D eigenvalue weighted by Crippen LogP contribution is 2.33. The van der Waals surface area contributed by atoms with E-state index in [1.807, 2.05) is 25.2 Å². The third-order valence-electron chi connectivity index (χ3n) is 3.53. The fraction of sp³-hybridized carbons (Fsp3) is 0.294. The van der Waals surface area contributed by atoms with Crippen molar-refractivity contribution in [1.82, 2.24) is 0 Å². The molecule has 2 aromatic rings. The summed E-state index contributed by atoms with van der Waals surface area (Å²) in [4.78, 5) is 2.11. The smallest absolute Gasteiger partial charge is 0.0782 e. The maximum Gasteiger partial charge on any atom is 0.0782 e. The van der Waals surface area contributed by atoms with Crippen LogP contribution in [0.15, 0.2) is 46.9 Å². The Morgan fingerprint density at radius 3 is 2.35 bits per heavy atom. The maximum absolute atomic E-state index is 9.96. The van der Waals surface area contributed by atoms with E-state index in [4.69, 9.17) is 0 Å². The van der Waals surface area contributed by atoms with Crippen LogP contribution in [0.4, 0.5) is 11.4 Å². The first kappa shape index (κ1) is 15.1. The van der Waals surface area contributed by atoms with Crippen molar-refractivity contribution in [2.24, 2.45) is 0 Å². The summed E-state index contributed by atoms with van der Waals surface area (Å²) in [5.41, 5.74) is 4.38. The van der Waals surface area contributed by atoms with Gasteiger partial charge in [0.05, 0.1) is 6.10 Å². The van der Waals surface area contributed by atoms with Crippen LogP contribution in [0.3, 0.4) is 0 Å². The second-order valence-electron chi connectivity index (χ2n) is 4.96. The van der Waals surface area contributed by atoms with E-state index in [0.29, 0.717) is 0 Å². The summed E-state index contributed by atoms with van der Waals surface area (Å²) in [6.45, 7) is 3.94. The molecule has 0 heterocycles. The van der Waals surface area contributed by atoms with Crippen LogP contribution < -0.4 is 4.90 Å². The molecule has 1 atom stereocenters. The predicted octanol–water partition coefficient (Wildman–Crippen LogP) is 4.83. The average Bonchev–Trinajstić information content (AvgIpc) is 2.46. The Labute approximate surface area is 129 Å². The minimum Gasteiger partial charge on any atom is -0.389 e. The monoisotopic (exact) mass is 333 g/mol. The third kappa shape index (κ3) is 3.22. The van der Waals surface area contributed by atoms with Crippen molar-refractivity contribution < 1.29 is 5.11 Å². The van der Waals surface area contributed by atoms with Crippen molar-refractivity contribution in [3.05, 3.63) is 58.1 Å². The molecule has 0 aliphatic carbocycles. The zero-order chi connectivity index (χ0) is 14.7. The van der Waals surface area contributed by atoms with E-state index in [1.165, 1.54) is 5.56 Å². The quantitative estimate of drug-likeness (QED) is 0.865. The second kappa shape index (κ2) is 6.42. The Bertz CT molecular complexity index is 578. The topological polar surface area (TPSA) is 23.5 Å². The van der Waals surface area contributed by atoms with E-state index in [1.54, 1.807) is 6.92 Å². The molecule has 0 amide bonds. The van der Waals surface area contributed by atoms with E-state index in [-0.39, 0.29) is 0 Å². The van der Waals surface area contributed by atoms with Crippen LogP contribution in [0.1, 0.15) is 31.1 Å². The molecule has 3 heteroatoms. The molecule has 0 saturated carbocycles. The summed E-state index contributed by atoms with van der Waals surface area (Å²) >= 11 is 3.46. The van der Waals surface area contributed by atoms with Gasteiger partial charge in [-0.3, -0.25) is 0 Å². The molecule has 0 aromatic heterocycles. The van der Waals surface area contributed by atoms with Crippen LogP contribution in [0.25, 0.3) is 0 Å². The van der Waals surface area contributed by atoms with Crippen molar-refractivity contribution in [2.75, 3.05) is 11.9 Å². The predicted molar refractivity (Wildman–Crippen MR) is 88.7 cm³/mol. The van der Waals surface area contributed by atoms with Gasteiger partial charge in [0.25, 0.3) is 0 Å². The molecule has 2 rings (SSSR count). The van der Waals surface area contributed by atoms with Crippen LogP contribution in [0.2, 0.25) is 0 Å². The molecule has 2 aromatic carbocycles. The zero-order valence-corrected chi connectivity index (χ0v) is 13.7. The lowest BCUT2D eigenvalue weighted by molar-refractivity contribution is 0.199. The molecule has 0 spiro atoms. The van der Waals surface area contributed by atoms with E-state index < -0.39 is 6.10 Å². The Hall–Kier alpha value is -1.32. The lowest BCUT2D eigenvalue weighted by Gasteiger charge is -2.24. The lowest BCUT2D eigenvalue weighted by atomic mass is 10.1. The minimum atomic E-state index is -0.500. The molecule has 2 nitrogen and oxygen atoms in total. The second-order valence-corrected chi connectivity index (χ2v) is 5.87. The van der Waals surface area contributed by atoms with Gasteiger partial charge in [-0.05, 0) is 49.2 Å². The van der Waals surface area contributed by atoms with E-state index in [0.717, 1.165) is 27.8 Å². The fourth-order valence-corrected chi connectivity index (χ4v) is 2.64. The molecule has 0 fully saturated rings. The highest BCUT2D eigenvalue weighted by Gasteiger charge is 2.13. The van der Waals surface area contributed by atoms with Crippen LogP contribution in [0, 0.1) is 0 Å². The molecule has 0 aliphatic rings. The van der Waals surface area contributed by atoms with Crippen LogP contribution in [-0.4, -0.2) is 12.2 Å². The largest absolute Gasteiger partial charge is 0.389 e. The summed E-state index contributed by atoms with van der Waals surface area (Å²) in [6, 6.07) is 14.5. The third-order valence-corrected chi connectivity index (χ3v) is 4.03. The number of benzene rings is 2. The van der Waals surface area contributed by atoms with Crippen molar-refractivity contribution in [2.45, 2.75) is 26.4 Å². The number of hydrogen-bond donors (Lipinski definition) is 1. The first-order valence-corrected chi connectivity index (χ1v) is 7.62. The van der Waals surface area contributed by atoms with Gasteiger partial charge in [-0.2, -0.15) is 0 Å². The van der Waals surface area contributed by atoms with Crippen molar-refractivity contribution >= 4 is 27.3 Å². The number of hydrogen-bond acceptors (Lipinski definition) is 2. The van der Waals surface area contributed by atoms with Gasteiger partial charge in [-0.1, -0.05) is 35.0 Å². The molecule has 1 unspecified atom stereocenters. The van der Waals surface area contributed by atoms with E-state index >= 15 is 0 Å². The van der Waals surface area contributed by atoms with Gasteiger partial charge in [0, 0.05) is 28.5 Å². The molecule has 0 aliphatic heterocycles. The van der Waals surface area contributed by atoms with Crippen LogP contribution >= 0.6 is 15.9 Å². The van der Waals surface area contributed by atoms with Crippen molar-refractivity contribution in [3.8, 4) is 0 Å². The highest BCUT2D eigenvalue weighted by molar-refractivity contribution is 9.10. The van der Waals surface area contributed by atoms with Gasteiger partial charge >= 0.3 is 0 Å². The number of anilines is 2. The van der Waals surface area contributed by atoms with E-state index in [9.17, 15) is 5.11 Å². The summed E-state index contributed by atoms with van der Waals surface area (Å²) < 4.78 is 0.979. The van der Waals surface area contributed by atoms with E-state index in [2.05, 4.69) is 52.0 Å². The first-order chi connectivity index (χ1) is 9.52. The normalized spacial score (nSPS) is 12.2. The summed E-state index contributed by atoms with van der Waals surface area (Å²) in [5, 5.41) is 9.96. The number of aliphatic hydroxyl groups is 1. The standard InChI is InChI=1S/C17H20BrNO/c1-4-13-5-8-15(9-6-13)19(3)17-10-7-14(18)11-16(17)12(2)20/h5-12,20H,4H2,1-3H3. The molecular formula is C17H20BrNO. The Balaban J connectivity index is 2.39. The maximum atomic E-state index is 9.96. The van der Waals surface area contributed by atoms with Gasteiger partial charge in [-0.25, -0.2) is 0 Å². The molecule has 0 saturated heterocycles. The molecular weight excluding hydrogens is 314 g/mol. The summed E-state index contributed by atoms with van der Waals surface area (Å²) in [5.74, 6) is 0. The lowest BCUT2D eigenvalue weighted by Crippen LogP contribution is -2.12. The average molecular weight is 334 g/mol. The number of aliphatic hydroxyl groups excluding tert-OH is 1. The highest BCUT2D eigenvalue weighted by atomic mass is 79.9. The van der Waals surface area contributed by atoms with Crippen molar-refractivity contribution in [3.63, 3.8) is 0 Å². The van der Waals surface area contributed by atoms with Crippen LogP contribution in [-0.2, 0) is 6.42 Å². The molecule has 20 heavy (non-hydrogen) atoms. The van der Waals surface area contributed by atoms with Gasteiger partial charge < -0.3 is 10.0 Å². The molecule has 0 bridgehead atoms. The van der Waals surface area contributed by atoms with Crippen molar-refractivity contribution in [1.29, 1.82) is 0 Å². The SMILES string of the molecule is CCc1ccc(N(C)c2ccc(Br)cc2C(C)O)cc1. The molecule has 1 N–H and O–H groups in total. The summed E-state index contributed by atoms with van der Waals surface area (Å²) in [6.07, 6.45) is 0.543. The molecule has 0 radical (unpaired) electrons. The fourth-order valence-electron chi connectivity index (χ4n) is 2.26. The number of halogens is 1. The minimum absolute atomic E-state index is 0.500. The number of nitrogens with zero attached hydrogens (tertiary/aromatic N) is 1. The van der Waals surface area contributed by atoms with Gasteiger partial charge in [0.15, 0.2) is 0 Å². The first-order valence-electron chi connectivity index (χ1n) is 6.83. The van der Waals surface area contributed by atoms with Gasteiger partial charge in [0.1, 0.15) is 0 Å². The van der Waals surface area contributed by atoms with Gasteiger partial charge in [-0.15, -0.1) is 0 Å². The Morgan fingerprint density at radius 1 is 1.15 bits per heavy atom. The molecule has 106 valence electrons. The Kier molecular flexibility index (Phi) is 4.84. The number of aryl methyl sites for hydroxylation is 1. The number of rotatable bonds is 4. The summed E-state index contributed by atoms with van der Waals surface area (Å²) in [7, 11) is 2.02. The Morgan fingerprint density at radius 2 is 1.80 bits per heavy atom. The zero-order valence-electron chi connectivity index (χ0n) is 12.1. The van der Waals surface area contributed by atoms with Gasteiger partial charge in [0.2, 0.25) is 0 Å². The van der Waals surface area contributed by atoms with Crippen LogP contribution in [0.5, 0.6) is 0 Å².